The molecular weight excluding hydrogens is 437 g/mol. The van der Waals surface area contributed by atoms with Crippen molar-refractivity contribution >= 4 is 54.6 Å². The molecule has 0 radical (unpaired) electrons. The quantitative estimate of drug-likeness (QED) is 0.729. The Bertz CT molecular complexity index is 1010. The van der Waals surface area contributed by atoms with Gasteiger partial charge in [0, 0.05) is 17.7 Å². The molecule has 0 amide bonds. The Hall–Kier alpha value is -1.58. The lowest BCUT2D eigenvalue weighted by atomic mass is 10.2. The van der Waals surface area contributed by atoms with Crippen LogP contribution < -0.4 is 15.6 Å². The maximum absolute atomic E-state index is 14.1. The van der Waals surface area contributed by atoms with Crippen molar-refractivity contribution in [2.45, 2.75) is 18.1 Å². The number of nitrogens with one attached hydrogen (secondary N) is 2. The van der Waals surface area contributed by atoms with Crippen LogP contribution in [0.25, 0.3) is 0 Å². The highest BCUT2D eigenvalue weighted by molar-refractivity contribution is 9.10. The van der Waals surface area contributed by atoms with Gasteiger partial charge in [-0.3, -0.25) is 9.52 Å². The summed E-state index contributed by atoms with van der Waals surface area (Å²) in [5, 5.41) is 2.03. The van der Waals surface area contributed by atoms with E-state index < -0.39 is 26.6 Å². The number of hydrogen-bond acceptors (Lipinski definition) is 4. The van der Waals surface area contributed by atoms with Crippen molar-refractivity contribution in [3.8, 4) is 0 Å². The smallest absolute Gasteiger partial charge is 0.271 e. The second-order valence-corrected chi connectivity index (χ2v) is 9.00. The summed E-state index contributed by atoms with van der Waals surface area (Å²) in [6.07, 6.45) is 2.48. The predicted octanol–water partition coefficient (Wildman–Crippen LogP) is 3.59. The first-order valence-corrected chi connectivity index (χ1v) is 10.0. The molecule has 0 saturated heterocycles. The molecule has 134 valence electrons. The van der Waals surface area contributed by atoms with Crippen LogP contribution in [-0.2, 0) is 17.1 Å². The van der Waals surface area contributed by atoms with Gasteiger partial charge in [0.25, 0.3) is 5.56 Å². The summed E-state index contributed by atoms with van der Waals surface area (Å²) in [6, 6.07) is 4.30. The van der Waals surface area contributed by atoms with Crippen molar-refractivity contribution < 1.29 is 12.8 Å². The lowest BCUT2D eigenvalue weighted by Crippen LogP contribution is -2.23. The minimum absolute atomic E-state index is 0.00946. The molecule has 6 nitrogen and oxygen atoms in total. The Labute approximate surface area is 157 Å². The van der Waals surface area contributed by atoms with Gasteiger partial charge in [0.1, 0.15) is 10.8 Å². The maximum atomic E-state index is 14.1. The first kappa shape index (κ1) is 18.2. The second-order valence-electron chi connectivity index (χ2n) is 5.74. The van der Waals surface area contributed by atoms with Gasteiger partial charge in [-0.05, 0) is 31.0 Å². The number of hydrogen-bond donors (Lipinski definition) is 2. The fraction of sp³-hybridized carbons (Fsp3) is 0.267. The summed E-state index contributed by atoms with van der Waals surface area (Å²) in [5.41, 5.74) is -0.377. The number of aromatic nitrogens is 1. The van der Waals surface area contributed by atoms with Crippen LogP contribution >= 0.6 is 27.5 Å². The molecule has 1 aromatic heterocycles. The van der Waals surface area contributed by atoms with Gasteiger partial charge in [-0.15, -0.1) is 0 Å². The number of nitrogens with zero attached hydrogens (tertiary/aromatic N) is 1. The van der Waals surface area contributed by atoms with Crippen molar-refractivity contribution in [2.75, 3.05) is 10.0 Å². The molecule has 1 aliphatic rings. The molecule has 1 saturated carbocycles. The third-order valence-electron chi connectivity index (χ3n) is 3.73. The van der Waals surface area contributed by atoms with Gasteiger partial charge in [0.05, 0.1) is 22.3 Å². The molecule has 0 unspecified atom stereocenters. The van der Waals surface area contributed by atoms with Crippen LogP contribution in [0, 0.1) is 5.82 Å². The van der Waals surface area contributed by atoms with Crippen molar-refractivity contribution in [1.29, 1.82) is 0 Å². The third-order valence-corrected chi connectivity index (χ3v) is 6.42. The minimum Gasteiger partial charge on any atom is -0.350 e. The van der Waals surface area contributed by atoms with Crippen molar-refractivity contribution in [3.05, 3.63) is 50.1 Å². The molecule has 1 heterocycles. The number of sulfonamides is 1. The normalized spacial score (nSPS) is 14.4. The second kappa shape index (κ2) is 6.62. The molecule has 3 rings (SSSR count). The lowest BCUT2D eigenvalue weighted by molar-refractivity contribution is 0.600. The third kappa shape index (κ3) is 3.83. The molecule has 0 bridgehead atoms. The van der Waals surface area contributed by atoms with Gasteiger partial charge in [0.15, 0.2) is 0 Å². The number of halogens is 3. The van der Waals surface area contributed by atoms with Crippen molar-refractivity contribution in [3.63, 3.8) is 0 Å². The summed E-state index contributed by atoms with van der Waals surface area (Å²) in [5.74, 6) is -0.581. The van der Waals surface area contributed by atoms with Gasteiger partial charge < -0.3 is 9.88 Å². The first-order chi connectivity index (χ1) is 11.7. The zero-order valence-electron chi connectivity index (χ0n) is 13.0. The molecule has 0 atom stereocenters. The predicted molar refractivity (Wildman–Crippen MR) is 99.6 cm³/mol. The van der Waals surface area contributed by atoms with E-state index in [1.54, 1.807) is 6.07 Å². The van der Waals surface area contributed by atoms with Crippen LogP contribution in [-0.4, -0.2) is 18.2 Å². The summed E-state index contributed by atoms with van der Waals surface area (Å²) < 4.78 is 42.7. The number of benzene rings is 1. The molecule has 0 aliphatic heterocycles. The number of pyridine rings is 1. The molecule has 25 heavy (non-hydrogen) atoms. The van der Waals surface area contributed by atoms with Gasteiger partial charge in [-0.25, -0.2) is 12.8 Å². The zero-order valence-corrected chi connectivity index (χ0v) is 16.2. The van der Waals surface area contributed by atoms with Gasteiger partial charge in [-0.2, -0.15) is 0 Å². The zero-order chi connectivity index (χ0) is 18.4. The van der Waals surface area contributed by atoms with Crippen LogP contribution in [0.2, 0.25) is 5.02 Å². The summed E-state index contributed by atoms with van der Waals surface area (Å²) in [7, 11) is -2.13. The highest BCUT2D eigenvalue weighted by atomic mass is 79.9. The number of aryl methyl sites for hydroxylation is 1. The summed E-state index contributed by atoms with van der Waals surface area (Å²) in [4.78, 5) is 12.1. The van der Waals surface area contributed by atoms with Crippen molar-refractivity contribution in [1.82, 2.24) is 4.57 Å². The van der Waals surface area contributed by atoms with E-state index in [-0.39, 0.29) is 22.1 Å². The Morgan fingerprint density at radius 1 is 1.32 bits per heavy atom. The SMILES string of the molecule is Cn1cc(NS(=O)(=O)C2CC2)c(Nc2ccc(Br)cc2F)c(Cl)c1=O. The van der Waals surface area contributed by atoms with E-state index in [2.05, 4.69) is 26.0 Å². The Kier molecular flexibility index (Phi) is 4.82. The van der Waals surface area contributed by atoms with Gasteiger partial charge >= 0.3 is 0 Å². The van der Waals surface area contributed by atoms with E-state index in [4.69, 9.17) is 11.6 Å². The molecule has 1 aromatic carbocycles. The Morgan fingerprint density at radius 3 is 2.60 bits per heavy atom. The van der Waals surface area contributed by atoms with E-state index in [1.165, 1.54) is 25.4 Å². The maximum Gasteiger partial charge on any atom is 0.271 e. The largest absolute Gasteiger partial charge is 0.350 e. The molecule has 1 fully saturated rings. The highest BCUT2D eigenvalue weighted by Gasteiger charge is 2.36. The molecule has 2 N–H and O–H groups in total. The average Bonchev–Trinajstić information content (AvgIpc) is 3.36. The average molecular weight is 451 g/mol. The lowest BCUT2D eigenvalue weighted by Gasteiger charge is -2.17. The minimum atomic E-state index is -3.58. The Balaban J connectivity index is 2.07. The highest BCUT2D eigenvalue weighted by Crippen LogP contribution is 2.35. The van der Waals surface area contributed by atoms with Crippen LogP contribution in [0.1, 0.15) is 12.8 Å². The number of anilines is 3. The van der Waals surface area contributed by atoms with Gasteiger partial charge in [-0.1, -0.05) is 27.5 Å². The van der Waals surface area contributed by atoms with Crippen LogP contribution in [0.5, 0.6) is 0 Å². The van der Waals surface area contributed by atoms with E-state index in [1.807, 2.05) is 0 Å². The standard InChI is InChI=1S/C15H14BrClFN3O3S/c1-21-7-12(20-25(23,24)9-3-4-9)14(13(17)15(21)22)19-11-5-2-8(16)6-10(11)18/h2,5-7,9,19-20H,3-4H2,1H3. The molecule has 2 aromatic rings. The first-order valence-electron chi connectivity index (χ1n) is 7.32. The monoisotopic (exact) mass is 449 g/mol. The van der Waals surface area contributed by atoms with Crippen LogP contribution in [0.15, 0.2) is 33.7 Å². The van der Waals surface area contributed by atoms with E-state index in [0.717, 1.165) is 4.57 Å². The fourth-order valence-corrected chi connectivity index (χ4v) is 4.24. The Morgan fingerprint density at radius 2 is 2.00 bits per heavy atom. The molecule has 1 aliphatic carbocycles. The fourth-order valence-electron chi connectivity index (χ4n) is 2.24. The summed E-state index contributed by atoms with van der Waals surface area (Å²) in [6.45, 7) is 0. The van der Waals surface area contributed by atoms with Gasteiger partial charge in [0.2, 0.25) is 10.0 Å². The van der Waals surface area contributed by atoms with E-state index in [9.17, 15) is 17.6 Å². The molecular formula is C15H14BrClFN3O3S. The van der Waals surface area contributed by atoms with Crippen LogP contribution in [0.3, 0.4) is 0 Å². The van der Waals surface area contributed by atoms with Crippen LogP contribution in [0.4, 0.5) is 21.5 Å². The topological polar surface area (TPSA) is 80.2 Å². The number of rotatable bonds is 5. The molecule has 10 heteroatoms. The molecule has 0 spiro atoms. The summed E-state index contributed by atoms with van der Waals surface area (Å²) >= 11 is 9.25. The van der Waals surface area contributed by atoms with E-state index >= 15 is 0 Å². The van der Waals surface area contributed by atoms with E-state index in [0.29, 0.717) is 17.3 Å². The van der Waals surface area contributed by atoms with Crippen molar-refractivity contribution in [2.24, 2.45) is 7.05 Å².